The molecule has 0 bridgehead atoms. The smallest absolute Gasteiger partial charge is 0 e. The molecular weight excluding hydrogens is 381 g/mol. The van der Waals surface area contributed by atoms with E-state index in [1.54, 1.807) is 0 Å². The van der Waals surface area contributed by atoms with Crippen LogP contribution < -0.4 is 0 Å². The van der Waals surface area contributed by atoms with Gasteiger partial charge in [0.15, 0.2) is 17.4 Å². The predicted molar refractivity (Wildman–Crippen MR) is 21.3 cm³/mol. The van der Waals surface area contributed by atoms with Gasteiger partial charge in [-0.3, -0.25) is 0 Å². The van der Waals surface area contributed by atoms with E-state index in [-0.39, 0.29) is 110 Å². The zero-order chi connectivity index (χ0) is 0. The van der Waals surface area contributed by atoms with Crippen molar-refractivity contribution in [2.75, 3.05) is 0 Å². The van der Waals surface area contributed by atoms with E-state index < -0.39 is 0 Å². The summed E-state index contributed by atoms with van der Waals surface area (Å²) in [4.78, 5) is 0. The first-order valence-corrected chi connectivity index (χ1v) is 0. The Balaban J connectivity index is 0. The van der Waals surface area contributed by atoms with Crippen molar-refractivity contribution in [2.45, 2.75) is 0 Å². The molecular formula is H7AlMoSnTiZr. The molecule has 0 aromatic heterocycles. The van der Waals surface area contributed by atoms with Crippen LogP contribution in [0, 0.1) is 0 Å². The molecule has 0 aromatic carbocycles. The van der Waals surface area contributed by atoms with Gasteiger partial charge < -0.3 is 0 Å². The molecule has 0 nitrogen and oxygen atoms in total. The first-order chi connectivity index (χ1) is 0. The fourth-order valence-corrected chi connectivity index (χ4v) is 0. The molecule has 0 N–H and O–H groups in total. The third-order valence-electron chi connectivity index (χ3n) is 0. The molecule has 0 heterocycles. The quantitative estimate of drug-likeness (QED) is 0.399. The van der Waals surface area contributed by atoms with Gasteiger partial charge in [0, 0.05) is 69.0 Å². The zero-order valence-corrected chi connectivity index (χ0v) is 7.43. The van der Waals surface area contributed by atoms with Gasteiger partial charge in [0.1, 0.15) is 0 Å². The standard InChI is InChI=1S/Al.Mo.Sn.Ti.Zr.7H. The Bertz CT molecular complexity index is 11.6. The molecule has 5 heteroatoms. The van der Waals surface area contributed by atoms with Crippen molar-refractivity contribution in [3.63, 3.8) is 0 Å². The van der Waals surface area contributed by atoms with Crippen molar-refractivity contribution in [3.8, 4) is 0 Å². The van der Waals surface area contributed by atoms with Gasteiger partial charge in [-0.2, -0.15) is 0 Å². The minimum absolute atomic E-state index is 0. The van der Waals surface area contributed by atoms with E-state index >= 15 is 0 Å². The van der Waals surface area contributed by atoms with Gasteiger partial charge in [-0.25, -0.2) is 0 Å². The first-order valence-electron chi connectivity index (χ1n) is 0. The summed E-state index contributed by atoms with van der Waals surface area (Å²) in [5.74, 6) is 0. The molecule has 5 heavy (non-hydrogen) atoms. The average molecular weight is 388 g/mol. The van der Waals surface area contributed by atoms with Crippen molar-refractivity contribution in [2.24, 2.45) is 0 Å². The Morgan fingerprint density at radius 3 is 1.00 bits per heavy atom. The van der Waals surface area contributed by atoms with Crippen LogP contribution in [0.3, 0.4) is 0 Å². The second-order valence-corrected chi connectivity index (χ2v) is 0. The average Bonchev–Trinajstić information content (AvgIpc) is 0. The van der Waals surface area contributed by atoms with Crippen LogP contribution in [0.25, 0.3) is 0 Å². The number of rotatable bonds is 0. The van der Waals surface area contributed by atoms with E-state index in [1.165, 1.54) is 0 Å². The second-order valence-electron chi connectivity index (χ2n) is 0. The monoisotopic (exact) mass is 390 g/mol. The van der Waals surface area contributed by atoms with Crippen molar-refractivity contribution in [1.29, 1.82) is 0 Å². The normalized spacial score (nSPS) is 0. The molecule has 0 radical (unpaired) electrons. The molecule has 0 atom stereocenters. The van der Waals surface area contributed by atoms with Crippen LogP contribution in [0.15, 0.2) is 0 Å². The molecule has 28 valence electrons. The Morgan fingerprint density at radius 1 is 1.00 bits per heavy atom. The van der Waals surface area contributed by atoms with Gasteiger partial charge in [0.2, 0.25) is 0 Å². The predicted octanol–water partition coefficient (Wildman–Crippen LogP) is -2.64. The fourth-order valence-electron chi connectivity index (χ4n) is 0. The maximum Gasteiger partial charge on any atom is 0 e. The Hall–Kier alpha value is 3.62. The summed E-state index contributed by atoms with van der Waals surface area (Å²) in [5.41, 5.74) is 0. The van der Waals surface area contributed by atoms with E-state index in [0.29, 0.717) is 0 Å². The van der Waals surface area contributed by atoms with E-state index in [9.17, 15) is 0 Å². The molecule has 0 amide bonds. The molecule has 0 aliphatic heterocycles. The van der Waals surface area contributed by atoms with Gasteiger partial charge in [0.25, 0.3) is 0 Å². The summed E-state index contributed by atoms with van der Waals surface area (Å²) in [6.07, 6.45) is 0. The van der Waals surface area contributed by atoms with Crippen molar-refractivity contribution in [3.05, 3.63) is 0 Å². The maximum absolute atomic E-state index is 0. The molecule has 0 aromatic rings. The van der Waals surface area contributed by atoms with E-state index in [1.807, 2.05) is 0 Å². The fraction of sp³-hybridized carbons (Fsp3) is 0. The summed E-state index contributed by atoms with van der Waals surface area (Å²) in [6, 6.07) is 0. The molecule has 0 unspecified atom stereocenters. The molecule has 0 rings (SSSR count). The molecule has 0 aliphatic rings. The number of hydrogen-bond acceptors (Lipinski definition) is 0. The molecule has 0 aliphatic carbocycles. The second kappa shape index (κ2) is 25.5. The first kappa shape index (κ1) is 38.2. The van der Waals surface area contributed by atoms with E-state index in [2.05, 4.69) is 0 Å². The van der Waals surface area contributed by atoms with Crippen molar-refractivity contribution >= 4 is 41.3 Å². The third-order valence-corrected chi connectivity index (χ3v) is 0. The van der Waals surface area contributed by atoms with Crippen LogP contribution in [-0.4, -0.2) is 41.3 Å². The Labute approximate surface area is 108 Å². The maximum atomic E-state index is 0. The Morgan fingerprint density at radius 2 is 1.00 bits per heavy atom. The van der Waals surface area contributed by atoms with Crippen LogP contribution in [0.1, 0.15) is 0 Å². The summed E-state index contributed by atoms with van der Waals surface area (Å²) >= 11 is 0. The zero-order valence-electron chi connectivity index (χ0n) is 1.41. The summed E-state index contributed by atoms with van der Waals surface area (Å²) < 4.78 is 0. The van der Waals surface area contributed by atoms with Crippen LogP contribution >= 0.6 is 0 Å². The summed E-state index contributed by atoms with van der Waals surface area (Å²) in [5, 5.41) is 0. The number of hydrogen-bond donors (Lipinski definition) is 0. The van der Waals surface area contributed by atoms with Crippen LogP contribution in [0.2, 0.25) is 0 Å². The van der Waals surface area contributed by atoms with Gasteiger partial charge in [-0.05, 0) is 0 Å². The third kappa shape index (κ3) is 18.4. The van der Waals surface area contributed by atoms with E-state index in [0.717, 1.165) is 0 Å². The molecule has 0 saturated carbocycles. The summed E-state index contributed by atoms with van der Waals surface area (Å²) in [7, 11) is 0. The SMILES string of the molecule is [AlH3].[Mo].[SnH4].[Ti].[Zr]. The van der Waals surface area contributed by atoms with Crippen molar-refractivity contribution in [1.82, 2.24) is 0 Å². The molecule has 0 fully saturated rings. The van der Waals surface area contributed by atoms with Gasteiger partial charge in [-0.15, -0.1) is 0 Å². The van der Waals surface area contributed by atoms with Crippen LogP contribution in [-0.2, 0) is 69.0 Å². The minimum atomic E-state index is 0. The molecule has 0 spiro atoms. The topological polar surface area (TPSA) is 0 Å². The van der Waals surface area contributed by atoms with Gasteiger partial charge >= 0.3 is 23.9 Å². The van der Waals surface area contributed by atoms with Gasteiger partial charge in [-0.1, -0.05) is 0 Å². The Kier molecular flexibility index (Phi) is 195. The van der Waals surface area contributed by atoms with Crippen LogP contribution in [0.4, 0.5) is 0 Å². The largest absolute Gasteiger partial charge is 0 e. The van der Waals surface area contributed by atoms with Crippen LogP contribution in [0.5, 0.6) is 0 Å². The van der Waals surface area contributed by atoms with Gasteiger partial charge in [0.05, 0.1) is 0 Å². The summed E-state index contributed by atoms with van der Waals surface area (Å²) in [6.45, 7) is 0. The minimum Gasteiger partial charge on any atom is 0 e. The molecule has 0 saturated heterocycles. The van der Waals surface area contributed by atoms with Crippen molar-refractivity contribution < 1.29 is 69.0 Å². The van der Waals surface area contributed by atoms with E-state index in [4.69, 9.17) is 0 Å².